The molecule has 0 radical (unpaired) electrons. The van der Waals surface area contributed by atoms with Crippen LogP contribution >= 0.6 is 11.3 Å². The van der Waals surface area contributed by atoms with Crippen molar-refractivity contribution in [1.29, 1.82) is 0 Å². The molecular weight excluding hydrogens is 346 g/mol. The van der Waals surface area contributed by atoms with Gasteiger partial charge in [0.1, 0.15) is 11.4 Å². The fourth-order valence-electron chi connectivity index (χ4n) is 3.58. The molecule has 26 heavy (non-hydrogen) atoms. The van der Waals surface area contributed by atoms with Gasteiger partial charge in [0.25, 0.3) is 5.56 Å². The van der Waals surface area contributed by atoms with Crippen LogP contribution in [-0.2, 0) is 24.2 Å². The van der Waals surface area contributed by atoms with Crippen LogP contribution in [0.5, 0.6) is 0 Å². The molecule has 3 rings (SSSR count). The summed E-state index contributed by atoms with van der Waals surface area (Å²) >= 11 is 1.65. The van der Waals surface area contributed by atoms with Crippen molar-refractivity contribution >= 4 is 27.5 Å². The Morgan fingerprint density at radius 1 is 1.42 bits per heavy atom. The van der Waals surface area contributed by atoms with Crippen molar-refractivity contribution in [3.8, 4) is 0 Å². The Labute approximate surface area is 158 Å². The largest absolute Gasteiger partial charge is 0.354 e. The predicted molar refractivity (Wildman–Crippen MR) is 107 cm³/mol. The van der Waals surface area contributed by atoms with Gasteiger partial charge in [0.2, 0.25) is 5.91 Å². The van der Waals surface area contributed by atoms with E-state index in [9.17, 15) is 9.59 Å². The first-order chi connectivity index (χ1) is 12.2. The van der Waals surface area contributed by atoms with E-state index in [-0.39, 0.29) is 23.4 Å². The lowest BCUT2D eigenvalue weighted by Gasteiger charge is -2.33. The number of nitrogens with zero attached hydrogens (tertiary/aromatic N) is 2. The van der Waals surface area contributed by atoms with Gasteiger partial charge in [-0.05, 0) is 42.1 Å². The summed E-state index contributed by atoms with van der Waals surface area (Å²) in [6.07, 6.45) is 4.57. The fraction of sp³-hybridized carbons (Fsp3) is 0.650. The number of rotatable bonds is 4. The lowest BCUT2D eigenvalue weighted by Crippen LogP contribution is -2.34. The third kappa shape index (κ3) is 3.85. The Balaban J connectivity index is 1.89. The highest BCUT2D eigenvalue weighted by Crippen LogP contribution is 2.41. The van der Waals surface area contributed by atoms with E-state index in [1.807, 2.05) is 13.8 Å². The molecule has 0 saturated heterocycles. The van der Waals surface area contributed by atoms with Crippen LogP contribution in [0.1, 0.15) is 51.5 Å². The first-order valence-corrected chi connectivity index (χ1v) is 10.2. The number of carbonyl (C=O) groups is 1. The third-order valence-electron chi connectivity index (χ3n) is 5.28. The molecule has 2 aromatic heterocycles. The van der Waals surface area contributed by atoms with Gasteiger partial charge in [-0.2, -0.15) is 0 Å². The van der Waals surface area contributed by atoms with Gasteiger partial charge in [-0.15, -0.1) is 11.3 Å². The van der Waals surface area contributed by atoms with Gasteiger partial charge < -0.3 is 5.32 Å². The molecular formula is C20H29N3O2S. The van der Waals surface area contributed by atoms with Crippen molar-refractivity contribution in [3.63, 3.8) is 0 Å². The Morgan fingerprint density at radius 3 is 2.81 bits per heavy atom. The van der Waals surface area contributed by atoms with Crippen LogP contribution in [0, 0.1) is 17.3 Å². The second kappa shape index (κ2) is 7.14. The molecule has 142 valence electrons. The molecule has 5 nitrogen and oxygen atoms in total. The van der Waals surface area contributed by atoms with Gasteiger partial charge in [0, 0.05) is 11.4 Å². The van der Waals surface area contributed by atoms with Crippen molar-refractivity contribution in [2.24, 2.45) is 17.3 Å². The molecule has 2 aromatic rings. The van der Waals surface area contributed by atoms with Crippen LogP contribution in [0.2, 0.25) is 0 Å². The van der Waals surface area contributed by atoms with Gasteiger partial charge in [0.05, 0.1) is 11.7 Å². The zero-order chi connectivity index (χ0) is 19.1. The Bertz CT molecular complexity index is 874. The first kappa shape index (κ1) is 19.1. The number of carbonyl (C=O) groups excluding carboxylic acids is 1. The highest BCUT2D eigenvalue weighted by molar-refractivity contribution is 7.18. The van der Waals surface area contributed by atoms with Crippen LogP contribution in [0.3, 0.4) is 0 Å². The SMILES string of the molecule is CC(C)CNC(=O)Cn1cnc2sc3c(c2c1=O)CCC(C(C)(C)C)C3. The fourth-order valence-corrected chi connectivity index (χ4v) is 4.84. The zero-order valence-corrected chi connectivity index (χ0v) is 17.2. The smallest absolute Gasteiger partial charge is 0.262 e. The molecule has 0 spiro atoms. The quantitative estimate of drug-likeness (QED) is 0.891. The van der Waals surface area contributed by atoms with E-state index in [1.165, 1.54) is 21.3 Å². The van der Waals surface area contributed by atoms with Crippen LogP contribution < -0.4 is 10.9 Å². The molecule has 2 heterocycles. The Hall–Kier alpha value is -1.69. The minimum Gasteiger partial charge on any atom is -0.354 e. The summed E-state index contributed by atoms with van der Waals surface area (Å²) in [5.41, 5.74) is 1.36. The normalized spacial score (nSPS) is 17.5. The van der Waals surface area contributed by atoms with Crippen LogP contribution in [0.4, 0.5) is 0 Å². The summed E-state index contributed by atoms with van der Waals surface area (Å²) in [6.45, 7) is 11.6. The van der Waals surface area contributed by atoms with E-state index in [2.05, 4.69) is 31.1 Å². The molecule has 1 N–H and O–H groups in total. The number of aromatic nitrogens is 2. The maximum atomic E-state index is 13.0. The lowest BCUT2D eigenvalue weighted by molar-refractivity contribution is -0.121. The van der Waals surface area contributed by atoms with E-state index < -0.39 is 0 Å². The topological polar surface area (TPSA) is 64.0 Å². The first-order valence-electron chi connectivity index (χ1n) is 9.43. The monoisotopic (exact) mass is 375 g/mol. The minimum atomic E-state index is -0.140. The summed E-state index contributed by atoms with van der Waals surface area (Å²) in [5.74, 6) is 0.877. The van der Waals surface area contributed by atoms with E-state index in [0.717, 1.165) is 29.5 Å². The highest BCUT2D eigenvalue weighted by atomic mass is 32.1. The number of fused-ring (bicyclic) bond motifs is 3. The summed E-state index contributed by atoms with van der Waals surface area (Å²) in [5, 5.41) is 3.59. The number of nitrogens with one attached hydrogen (secondary N) is 1. The molecule has 1 aliphatic carbocycles. The Kier molecular flexibility index (Phi) is 5.24. The van der Waals surface area contributed by atoms with Crippen molar-refractivity contribution in [2.45, 2.75) is 60.4 Å². The van der Waals surface area contributed by atoms with Crippen LogP contribution in [-0.4, -0.2) is 22.0 Å². The summed E-state index contributed by atoms with van der Waals surface area (Å²) in [4.78, 5) is 31.7. The minimum absolute atomic E-state index is 0.0315. The van der Waals surface area contributed by atoms with Crippen LogP contribution in [0.15, 0.2) is 11.1 Å². The molecule has 0 saturated carbocycles. The molecule has 1 unspecified atom stereocenters. The van der Waals surface area contributed by atoms with Crippen molar-refractivity contribution < 1.29 is 4.79 Å². The average Bonchev–Trinajstić information content (AvgIpc) is 2.93. The summed E-state index contributed by atoms with van der Waals surface area (Å²) < 4.78 is 1.45. The van der Waals surface area contributed by atoms with Gasteiger partial charge in [-0.1, -0.05) is 34.6 Å². The number of amides is 1. The van der Waals surface area contributed by atoms with Crippen molar-refractivity contribution in [1.82, 2.24) is 14.9 Å². The van der Waals surface area contributed by atoms with Gasteiger partial charge >= 0.3 is 0 Å². The molecule has 0 fully saturated rings. The van der Waals surface area contributed by atoms with E-state index in [0.29, 0.717) is 18.4 Å². The molecule has 1 atom stereocenters. The van der Waals surface area contributed by atoms with Gasteiger partial charge in [-0.25, -0.2) is 4.98 Å². The van der Waals surface area contributed by atoms with E-state index in [4.69, 9.17) is 0 Å². The summed E-state index contributed by atoms with van der Waals surface area (Å²) in [7, 11) is 0. The number of aryl methyl sites for hydroxylation is 1. The molecule has 1 aliphatic rings. The summed E-state index contributed by atoms with van der Waals surface area (Å²) in [6, 6.07) is 0. The lowest BCUT2D eigenvalue weighted by atomic mass is 9.72. The molecule has 0 aliphatic heterocycles. The number of thiophene rings is 1. The number of hydrogen-bond donors (Lipinski definition) is 1. The molecule has 0 aromatic carbocycles. The second-order valence-electron chi connectivity index (χ2n) is 8.87. The molecule has 6 heteroatoms. The van der Waals surface area contributed by atoms with E-state index >= 15 is 0 Å². The average molecular weight is 376 g/mol. The Morgan fingerprint density at radius 2 is 2.15 bits per heavy atom. The van der Waals surface area contributed by atoms with Gasteiger partial charge in [0.15, 0.2) is 0 Å². The van der Waals surface area contributed by atoms with Crippen molar-refractivity contribution in [3.05, 3.63) is 27.1 Å². The third-order valence-corrected chi connectivity index (χ3v) is 6.44. The molecule has 1 amide bonds. The zero-order valence-electron chi connectivity index (χ0n) is 16.4. The maximum absolute atomic E-state index is 13.0. The standard InChI is InChI=1S/C20H29N3O2S/c1-12(2)9-21-16(24)10-23-11-22-18-17(19(23)25)14-7-6-13(20(3,4)5)8-15(14)26-18/h11-13H,6-10H2,1-5H3,(H,21,24). The van der Waals surface area contributed by atoms with Crippen LogP contribution in [0.25, 0.3) is 10.2 Å². The maximum Gasteiger partial charge on any atom is 0.262 e. The molecule has 0 bridgehead atoms. The highest BCUT2D eigenvalue weighted by Gasteiger charge is 2.31. The second-order valence-corrected chi connectivity index (χ2v) is 9.95. The van der Waals surface area contributed by atoms with E-state index in [1.54, 1.807) is 11.3 Å². The van der Waals surface area contributed by atoms with Crippen molar-refractivity contribution in [2.75, 3.05) is 6.54 Å². The predicted octanol–water partition coefficient (Wildman–Crippen LogP) is 3.38. The van der Waals surface area contributed by atoms with Gasteiger partial charge in [-0.3, -0.25) is 14.2 Å². The number of hydrogen-bond acceptors (Lipinski definition) is 4.